The number of amides is 2. The molecule has 0 radical (unpaired) electrons. The van der Waals surface area contributed by atoms with E-state index >= 15 is 0 Å². The monoisotopic (exact) mass is 844 g/mol. The minimum atomic E-state index is -0.343. The van der Waals surface area contributed by atoms with E-state index in [-0.39, 0.29) is 140 Å². The third kappa shape index (κ3) is 11.5. The van der Waals surface area contributed by atoms with Gasteiger partial charge in [-0.25, -0.2) is 0 Å². The molecule has 0 unspecified atom stereocenters. The van der Waals surface area contributed by atoms with Crippen LogP contribution in [0, 0.1) is 0 Å². The number of hydrogen-bond acceptors (Lipinski definition) is 12. The van der Waals surface area contributed by atoms with Crippen molar-refractivity contribution in [2.24, 2.45) is 0 Å². The Bertz CT molecular complexity index is 2110. The highest BCUT2D eigenvalue weighted by molar-refractivity contribution is 6.21. The first kappa shape index (κ1) is 43.8. The molecule has 3 aromatic rings. The predicted molar refractivity (Wildman–Crippen MR) is 225 cm³/mol. The Balaban J connectivity index is 1.13. The molecular formula is C48H48N2O12. The second-order valence-corrected chi connectivity index (χ2v) is 14.9. The number of carbonyl (C=O) groups is 6. The van der Waals surface area contributed by atoms with Crippen LogP contribution in [0.1, 0.15) is 43.0 Å². The van der Waals surface area contributed by atoms with E-state index < -0.39 is 0 Å². The van der Waals surface area contributed by atoms with Crippen LogP contribution < -0.4 is 20.1 Å². The standard InChI is InChI=1S/C48H48N2O12/c51-41-27-37-22-31-4-1-5-32-23-38-28-42(52)30-40(44(38)54)25-34-7-2-6-33(24-39(29-41)43(37)53)46(34)62-21-19-60-17-15-58-13-11-50-48(56)36-9-3-8-35(26-36)47(55)49-10-12-57-14-16-59-18-20-61-45(31)32/h1-9,26-30H,10-25H2,(H,49,55)(H,50,56). The van der Waals surface area contributed by atoms with E-state index in [4.69, 9.17) is 28.4 Å². The van der Waals surface area contributed by atoms with Crippen molar-refractivity contribution in [2.45, 2.75) is 25.7 Å². The van der Waals surface area contributed by atoms with Gasteiger partial charge < -0.3 is 39.1 Å². The van der Waals surface area contributed by atoms with Crippen LogP contribution in [0.15, 0.2) is 107 Å². The fraction of sp³-hybridized carbons (Fsp3) is 0.333. The number of para-hydroxylation sites is 2. The number of allylic oxidation sites excluding steroid dienone is 8. The van der Waals surface area contributed by atoms with Gasteiger partial charge in [-0.2, -0.15) is 0 Å². The molecule has 322 valence electrons. The maximum absolute atomic E-state index is 14.1. The summed E-state index contributed by atoms with van der Waals surface area (Å²) in [5.74, 6) is -0.987. The zero-order valence-electron chi connectivity index (χ0n) is 34.3. The van der Waals surface area contributed by atoms with Gasteiger partial charge >= 0.3 is 0 Å². The molecule has 2 aliphatic heterocycles. The fourth-order valence-electron chi connectivity index (χ4n) is 7.52. The van der Waals surface area contributed by atoms with Gasteiger partial charge in [-0.1, -0.05) is 42.5 Å². The molecule has 14 heteroatoms. The van der Waals surface area contributed by atoms with Gasteiger partial charge in [0.15, 0.2) is 23.1 Å². The maximum Gasteiger partial charge on any atom is 0.251 e. The molecule has 2 N–H and O–H groups in total. The second-order valence-electron chi connectivity index (χ2n) is 14.9. The van der Waals surface area contributed by atoms with Crippen LogP contribution in [0.4, 0.5) is 0 Å². The summed E-state index contributed by atoms with van der Waals surface area (Å²) in [5.41, 5.74) is 4.36. The molecule has 0 fully saturated rings. The number of ketones is 4. The minimum Gasteiger partial charge on any atom is -0.491 e. The lowest BCUT2D eigenvalue weighted by molar-refractivity contribution is -0.115. The maximum atomic E-state index is 14.1. The number of rotatable bonds is 0. The molecule has 0 spiro atoms. The van der Waals surface area contributed by atoms with E-state index in [1.807, 2.05) is 24.3 Å². The molecule has 12 bridgehead atoms. The summed E-state index contributed by atoms with van der Waals surface area (Å²) in [5, 5.41) is 5.57. The highest BCUT2D eigenvalue weighted by Crippen LogP contribution is 2.35. The van der Waals surface area contributed by atoms with Gasteiger partial charge in [-0.15, -0.1) is 0 Å². The molecule has 0 aromatic heterocycles. The largest absolute Gasteiger partial charge is 0.491 e. The first-order valence-corrected chi connectivity index (χ1v) is 20.7. The van der Waals surface area contributed by atoms with Gasteiger partial charge in [0.05, 0.1) is 52.9 Å². The summed E-state index contributed by atoms with van der Waals surface area (Å²) in [6.45, 7) is 2.52. The molecule has 2 amide bonds. The second kappa shape index (κ2) is 21.5. The van der Waals surface area contributed by atoms with Crippen molar-refractivity contribution >= 4 is 34.9 Å². The molecule has 8 rings (SSSR count). The molecule has 0 saturated heterocycles. The molecule has 14 nitrogen and oxygen atoms in total. The van der Waals surface area contributed by atoms with Crippen molar-refractivity contribution in [2.75, 3.05) is 79.2 Å². The molecule has 2 heterocycles. The van der Waals surface area contributed by atoms with Crippen molar-refractivity contribution in [1.29, 1.82) is 0 Å². The number of nitrogens with one attached hydrogen (secondary N) is 2. The lowest BCUT2D eigenvalue weighted by atomic mass is 9.84. The first-order valence-electron chi connectivity index (χ1n) is 20.7. The number of carbonyl (C=O) groups excluding carboxylic acids is 6. The van der Waals surface area contributed by atoms with E-state index in [0.717, 1.165) is 0 Å². The van der Waals surface area contributed by atoms with Crippen molar-refractivity contribution in [3.8, 4) is 11.5 Å². The SMILES string of the molecule is O=C1C=C2Cc3cccc4c3OCCOCCOCCNC(=O)c3cccc(c3)C(=O)NCCOCCOCCOc3c(cccc3CC3=CC(=O)C=C(C4)C3=O)CC(=C1)C2=O. The summed E-state index contributed by atoms with van der Waals surface area (Å²) >= 11 is 0. The molecule has 0 saturated carbocycles. The van der Waals surface area contributed by atoms with Gasteiger partial charge in [-0.3, -0.25) is 28.8 Å². The van der Waals surface area contributed by atoms with E-state index in [0.29, 0.717) is 67.2 Å². The Kier molecular flexibility index (Phi) is 15.1. The van der Waals surface area contributed by atoms with Crippen LogP contribution in [-0.2, 0) is 63.8 Å². The number of fused-ring (bicyclic) bond motifs is 20. The van der Waals surface area contributed by atoms with E-state index in [1.54, 1.807) is 30.3 Å². The van der Waals surface area contributed by atoms with Crippen LogP contribution in [0.5, 0.6) is 11.5 Å². The Morgan fingerprint density at radius 2 is 0.710 bits per heavy atom. The smallest absolute Gasteiger partial charge is 0.251 e. The van der Waals surface area contributed by atoms with Crippen molar-refractivity contribution in [3.05, 3.63) is 141 Å². The molecular weight excluding hydrogens is 797 g/mol. The van der Waals surface area contributed by atoms with Crippen LogP contribution in [0.2, 0.25) is 0 Å². The summed E-state index contributed by atoms with van der Waals surface area (Å²) in [6.07, 6.45) is 5.71. The summed E-state index contributed by atoms with van der Waals surface area (Å²) in [4.78, 5) is 80.1. The fourth-order valence-corrected chi connectivity index (χ4v) is 7.52. The zero-order chi connectivity index (χ0) is 43.3. The Hall–Kier alpha value is -6.32. The summed E-state index contributed by atoms with van der Waals surface area (Å²) in [7, 11) is 0. The Morgan fingerprint density at radius 1 is 0.387 bits per heavy atom. The van der Waals surface area contributed by atoms with E-state index in [1.165, 1.54) is 30.4 Å². The summed E-state index contributed by atoms with van der Waals surface area (Å²) in [6, 6.07) is 17.3. The third-order valence-electron chi connectivity index (χ3n) is 10.5. The zero-order valence-corrected chi connectivity index (χ0v) is 34.3. The lowest BCUT2D eigenvalue weighted by Crippen LogP contribution is -2.29. The van der Waals surface area contributed by atoms with Gasteiger partial charge in [0.2, 0.25) is 0 Å². The Morgan fingerprint density at radius 3 is 1.08 bits per heavy atom. The van der Waals surface area contributed by atoms with Crippen LogP contribution >= 0.6 is 0 Å². The molecule has 3 aliphatic carbocycles. The predicted octanol–water partition coefficient (Wildman–Crippen LogP) is 3.58. The lowest BCUT2D eigenvalue weighted by Gasteiger charge is -2.22. The highest BCUT2D eigenvalue weighted by atomic mass is 16.5. The topological polar surface area (TPSA) is 182 Å². The average Bonchev–Trinajstić information content (AvgIpc) is 3.26. The molecule has 62 heavy (non-hydrogen) atoms. The Labute approximate surface area is 358 Å². The van der Waals surface area contributed by atoms with Gasteiger partial charge in [-0.05, 0) is 64.8 Å². The average molecular weight is 845 g/mol. The van der Waals surface area contributed by atoms with Gasteiger partial charge in [0.1, 0.15) is 24.7 Å². The number of benzene rings is 3. The van der Waals surface area contributed by atoms with Crippen LogP contribution in [-0.4, -0.2) is 114 Å². The molecule has 5 aliphatic rings. The van der Waals surface area contributed by atoms with Crippen LogP contribution in [0.25, 0.3) is 0 Å². The van der Waals surface area contributed by atoms with Gasteiger partial charge in [0.25, 0.3) is 11.8 Å². The number of hydrogen-bond donors (Lipinski definition) is 2. The quantitative estimate of drug-likeness (QED) is 0.249. The van der Waals surface area contributed by atoms with Gasteiger partial charge in [0, 0.05) is 72.2 Å². The normalized spacial score (nSPS) is 19.4. The number of ether oxygens (including phenoxy) is 6. The van der Waals surface area contributed by atoms with Crippen molar-refractivity contribution in [1.82, 2.24) is 10.6 Å². The first-order chi connectivity index (χ1) is 30.2. The highest BCUT2D eigenvalue weighted by Gasteiger charge is 2.29. The summed E-state index contributed by atoms with van der Waals surface area (Å²) < 4.78 is 35.5. The molecule has 3 aromatic carbocycles. The number of Topliss-reactive ketones (excluding diaryl/α,β-unsaturated/α-hetero) is 2. The van der Waals surface area contributed by atoms with Crippen LogP contribution in [0.3, 0.4) is 0 Å². The van der Waals surface area contributed by atoms with E-state index in [9.17, 15) is 28.8 Å². The third-order valence-corrected chi connectivity index (χ3v) is 10.5. The minimum absolute atomic E-state index is 0.0813. The van der Waals surface area contributed by atoms with E-state index in [2.05, 4.69) is 10.6 Å². The van der Waals surface area contributed by atoms with Crippen molar-refractivity contribution in [3.63, 3.8) is 0 Å². The molecule has 0 atom stereocenters. The van der Waals surface area contributed by atoms with Crippen molar-refractivity contribution < 1.29 is 57.2 Å².